The molecule has 2 rings (SSSR count). The highest BCUT2D eigenvalue weighted by atomic mass is 16.4. The number of carboxylic acids is 2. The lowest BCUT2D eigenvalue weighted by Crippen LogP contribution is -2.60. The predicted molar refractivity (Wildman–Crippen MR) is 188 cm³/mol. The Bertz CT molecular complexity index is 1450. The zero-order valence-corrected chi connectivity index (χ0v) is 29.8. The molecule has 0 radical (unpaired) electrons. The predicted octanol–water partition coefficient (Wildman–Crippen LogP) is -2.06. The molecule has 19 nitrogen and oxygen atoms in total. The number of primary amides is 1. The molecule has 1 saturated heterocycles. The fourth-order valence-electron chi connectivity index (χ4n) is 5.28. The third-order valence-electron chi connectivity index (χ3n) is 7.66. The lowest BCUT2D eigenvalue weighted by atomic mass is 10.0. The number of carboxylic acid groups (broad SMARTS) is 2. The Kier molecular flexibility index (Phi) is 18.9. The van der Waals surface area contributed by atoms with Gasteiger partial charge in [-0.2, -0.15) is 0 Å². The van der Waals surface area contributed by atoms with Crippen LogP contribution >= 0.6 is 0 Å². The first kappa shape index (κ1) is 44.3. The van der Waals surface area contributed by atoms with E-state index in [1.165, 1.54) is 11.8 Å². The van der Waals surface area contributed by atoms with E-state index >= 15 is 0 Å². The van der Waals surface area contributed by atoms with Crippen molar-refractivity contribution < 1.29 is 48.6 Å². The van der Waals surface area contributed by atoms with Crippen LogP contribution in [0.3, 0.4) is 0 Å². The van der Waals surface area contributed by atoms with Crippen LogP contribution < -0.4 is 38.5 Å². The fourth-order valence-corrected chi connectivity index (χ4v) is 5.28. The maximum atomic E-state index is 13.5. The first-order chi connectivity index (χ1) is 24.3. The van der Waals surface area contributed by atoms with Gasteiger partial charge in [-0.25, -0.2) is 0 Å². The molecule has 0 spiro atoms. The van der Waals surface area contributed by atoms with Crippen molar-refractivity contribution in [3.05, 3.63) is 35.9 Å². The van der Waals surface area contributed by atoms with E-state index < -0.39 is 89.9 Å². The van der Waals surface area contributed by atoms with E-state index in [0.717, 1.165) is 12.5 Å². The van der Waals surface area contributed by atoms with Crippen LogP contribution in [0.5, 0.6) is 0 Å². The van der Waals surface area contributed by atoms with Crippen molar-refractivity contribution >= 4 is 53.3 Å². The third kappa shape index (κ3) is 16.3. The van der Waals surface area contributed by atoms with Crippen molar-refractivity contribution in [2.24, 2.45) is 28.1 Å². The summed E-state index contributed by atoms with van der Waals surface area (Å²) in [6.07, 6.45) is 0.505. The number of carbonyl (C=O) groups is 8. The number of nitrogens with zero attached hydrogens (tertiary/aromatic N) is 2. The molecular weight excluding hydrogens is 682 g/mol. The number of hydrogen-bond acceptors (Lipinski definition) is 9. The van der Waals surface area contributed by atoms with E-state index in [0.29, 0.717) is 12.8 Å². The second kappa shape index (κ2) is 22.1. The third-order valence-corrected chi connectivity index (χ3v) is 7.66. The Balaban J connectivity index is 0.00000320. The molecule has 0 aliphatic carbocycles. The lowest BCUT2D eigenvalue weighted by Gasteiger charge is -2.30. The smallest absolute Gasteiger partial charge is 0.305 e. The van der Waals surface area contributed by atoms with Crippen LogP contribution in [-0.4, -0.2) is 112 Å². The number of aliphatic imine (C=N–C) groups is 1. The highest BCUT2D eigenvalue weighted by Crippen LogP contribution is 2.20. The van der Waals surface area contributed by atoms with Crippen molar-refractivity contribution in [3.8, 4) is 0 Å². The normalized spacial score (nSPS) is 15.7. The maximum Gasteiger partial charge on any atom is 0.305 e. The molecule has 19 heteroatoms. The summed E-state index contributed by atoms with van der Waals surface area (Å²) in [5.74, 6) is -7.09. The van der Waals surface area contributed by atoms with Crippen LogP contribution in [0.2, 0.25) is 0 Å². The largest absolute Gasteiger partial charge is 0.481 e. The Labute approximate surface area is 301 Å². The Morgan fingerprint density at radius 1 is 0.865 bits per heavy atom. The topological polar surface area (TPSA) is 319 Å². The van der Waals surface area contributed by atoms with E-state index in [1.54, 1.807) is 44.2 Å². The number of nitrogens with one attached hydrogen (secondary N) is 4. The van der Waals surface area contributed by atoms with Gasteiger partial charge in [0.2, 0.25) is 35.4 Å². The van der Waals surface area contributed by atoms with Gasteiger partial charge < -0.3 is 53.6 Å². The van der Waals surface area contributed by atoms with E-state index in [-0.39, 0.29) is 38.3 Å². The summed E-state index contributed by atoms with van der Waals surface area (Å²) < 4.78 is 0. The summed E-state index contributed by atoms with van der Waals surface area (Å²) >= 11 is 0. The highest BCUT2D eigenvalue weighted by Gasteiger charge is 2.39. The first-order valence-electron chi connectivity index (χ1n) is 16.6. The van der Waals surface area contributed by atoms with Crippen molar-refractivity contribution in [1.82, 2.24) is 26.2 Å². The standard InChI is InChI=1S/C31H47N9O8.C2H4O2/c1-17(2)25(29(47)37-21(26(32)44)15-19-9-5-4-6-10-19)39-27(45)22(16-24(42)43)38-28(46)23-12-8-14-40(23)30(48)20(36-18(3)41)11-7-13-35-31(33)34;1-2(3)4/h4-6,9-10,17,20-23,25H,7-8,11-16H2,1-3H3,(H2,32,44)(H,36,41)(H,37,47)(H,38,46)(H,39,45)(H,42,43)(H4,33,34,35);1H3,(H,3,4)/t20-,21-,22-,23-,25-;/m0./s1. The van der Waals surface area contributed by atoms with E-state index in [4.69, 9.17) is 27.1 Å². The summed E-state index contributed by atoms with van der Waals surface area (Å²) in [7, 11) is 0. The van der Waals surface area contributed by atoms with Gasteiger partial charge in [-0.15, -0.1) is 0 Å². The van der Waals surface area contributed by atoms with E-state index in [9.17, 15) is 38.7 Å². The molecule has 0 unspecified atom stereocenters. The van der Waals surface area contributed by atoms with Gasteiger partial charge in [-0.05, 0) is 37.2 Å². The van der Waals surface area contributed by atoms with Crippen LogP contribution in [0.1, 0.15) is 65.4 Å². The molecule has 12 N–H and O–H groups in total. The average molecular weight is 734 g/mol. The fraction of sp³-hybridized carbons (Fsp3) is 0.545. The van der Waals surface area contributed by atoms with Crippen LogP contribution in [0, 0.1) is 5.92 Å². The van der Waals surface area contributed by atoms with Crippen LogP contribution in [-0.2, 0) is 44.8 Å². The molecule has 1 aliphatic rings. The zero-order valence-electron chi connectivity index (χ0n) is 29.8. The van der Waals surface area contributed by atoms with Gasteiger partial charge in [-0.1, -0.05) is 44.2 Å². The minimum absolute atomic E-state index is 0.105. The number of guanidine groups is 1. The molecule has 5 atom stereocenters. The number of hydrogen-bond donors (Lipinski definition) is 9. The SMILES string of the molecule is CC(=O)N[C@@H](CCCN=C(N)N)C(=O)N1CCC[C@H]1C(=O)N[C@@H](CC(=O)O)C(=O)N[C@H](C(=O)N[C@@H](Cc1ccccc1)C(N)=O)C(C)C.CC(=O)O. The number of nitrogens with two attached hydrogens (primary N) is 3. The van der Waals surface area contributed by atoms with Crippen molar-refractivity contribution in [2.45, 2.75) is 96.4 Å². The molecule has 6 amide bonds. The van der Waals surface area contributed by atoms with Gasteiger partial charge in [-0.3, -0.25) is 43.3 Å². The zero-order chi connectivity index (χ0) is 39.5. The second-order valence-corrected chi connectivity index (χ2v) is 12.5. The van der Waals surface area contributed by atoms with Gasteiger partial charge >= 0.3 is 5.97 Å². The molecule has 0 saturated carbocycles. The molecule has 52 heavy (non-hydrogen) atoms. The summed E-state index contributed by atoms with van der Waals surface area (Å²) in [6, 6.07) is 2.91. The number of carbonyl (C=O) groups excluding carboxylic acids is 6. The van der Waals surface area contributed by atoms with Crippen LogP contribution in [0.15, 0.2) is 35.3 Å². The summed E-state index contributed by atoms with van der Waals surface area (Å²) in [5, 5.41) is 27.0. The molecule has 1 aliphatic heterocycles. The first-order valence-corrected chi connectivity index (χ1v) is 16.6. The summed E-state index contributed by atoms with van der Waals surface area (Å²) in [5.41, 5.74) is 16.9. The molecule has 0 aromatic heterocycles. The number of aliphatic carboxylic acids is 2. The highest BCUT2D eigenvalue weighted by molar-refractivity contribution is 5.97. The summed E-state index contributed by atoms with van der Waals surface area (Å²) in [6.45, 7) is 6.01. The summed E-state index contributed by atoms with van der Waals surface area (Å²) in [4.78, 5) is 103. The Morgan fingerprint density at radius 3 is 2.00 bits per heavy atom. The van der Waals surface area contributed by atoms with E-state index in [2.05, 4.69) is 26.3 Å². The van der Waals surface area contributed by atoms with Crippen molar-refractivity contribution in [1.29, 1.82) is 0 Å². The van der Waals surface area contributed by atoms with E-state index in [1.807, 2.05) is 0 Å². The Morgan fingerprint density at radius 2 is 1.48 bits per heavy atom. The van der Waals surface area contributed by atoms with Crippen molar-refractivity contribution in [3.63, 3.8) is 0 Å². The molecule has 1 aromatic rings. The van der Waals surface area contributed by atoms with Crippen molar-refractivity contribution in [2.75, 3.05) is 13.1 Å². The second-order valence-electron chi connectivity index (χ2n) is 12.5. The number of likely N-dealkylation sites (tertiary alicyclic amines) is 1. The molecular formula is C33H51N9O10. The molecule has 1 fully saturated rings. The quantitative estimate of drug-likeness (QED) is 0.0447. The maximum absolute atomic E-state index is 13.5. The van der Waals surface area contributed by atoms with Gasteiger partial charge in [0.05, 0.1) is 6.42 Å². The lowest BCUT2D eigenvalue weighted by molar-refractivity contribution is -0.144. The monoisotopic (exact) mass is 733 g/mol. The minimum Gasteiger partial charge on any atom is -0.481 e. The number of amides is 6. The molecule has 288 valence electrons. The Hall–Kier alpha value is -5.75. The number of benzene rings is 1. The molecule has 1 heterocycles. The van der Waals surface area contributed by atoms with Gasteiger partial charge in [0, 0.05) is 33.4 Å². The molecule has 0 bridgehead atoms. The van der Waals surface area contributed by atoms with Gasteiger partial charge in [0.15, 0.2) is 5.96 Å². The van der Waals surface area contributed by atoms with Gasteiger partial charge in [0.25, 0.3) is 5.97 Å². The molecule has 1 aromatic carbocycles. The van der Waals surface area contributed by atoms with Crippen LogP contribution in [0.4, 0.5) is 0 Å². The van der Waals surface area contributed by atoms with Gasteiger partial charge in [0.1, 0.15) is 30.2 Å². The minimum atomic E-state index is -1.61. The van der Waals surface area contributed by atoms with Crippen LogP contribution in [0.25, 0.3) is 0 Å². The number of rotatable bonds is 18. The average Bonchev–Trinajstić information content (AvgIpc) is 3.54.